The van der Waals surface area contributed by atoms with Crippen molar-refractivity contribution in [3.05, 3.63) is 11.8 Å². The van der Waals surface area contributed by atoms with Gasteiger partial charge in [-0.1, -0.05) is 13.8 Å². The standard InChI is InChI=1S/C12H23N5S/c1-5-12(6-2,18-4)8-14-10-7-9(3)15-11(16-10)17-13/h7H,5-6,8,13H2,1-4H3,(H2,14,15,16,17). The van der Waals surface area contributed by atoms with Crippen molar-refractivity contribution in [3.63, 3.8) is 0 Å². The van der Waals surface area contributed by atoms with Crippen LogP contribution in [-0.2, 0) is 0 Å². The summed E-state index contributed by atoms with van der Waals surface area (Å²) in [5.74, 6) is 6.60. The molecule has 102 valence electrons. The minimum absolute atomic E-state index is 0.259. The number of nitrogens with one attached hydrogen (secondary N) is 2. The first-order valence-electron chi connectivity index (χ1n) is 6.20. The van der Waals surface area contributed by atoms with Crippen LogP contribution < -0.4 is 16.6 Å². The highest BCUT2D eigenvalue weighted by Gasteiger charge is 2.24. The van der Waals surface area contributed by atoms with Crippen LogP contribution >= 0.6 is 11.8 Å². The SMILES string of the molecule is CCC(CC)(CNc1cc(C)nc(NN)n1)SC. The highest BCUT2D eigenvalue weighted by atomic mass is 32.2. The van der Waals surface area contributed by atoms with Crippen molar-refractivity contribution in [3.8, 4) is 0 Å². The molecule has 0 aliphatic carbocycles. The average Bonchev–Trinajstić information content (AvgIpc) is 2.40. The molecule has 4 N–H and O–H groups in total. The summed E-state index contributed by atoms with van der Waals surface area (Å²) in [6.07, 6.45) is 4.42. The number of thioether (sulfide) groups is 1. The topological polar surface area (TPSA) is 75.9 Å². The van der Waals surface area contributed by atoms with Gasteiger partial charge in [-0.15, -0.1) is 0 Å². The number of aromatic nitrogens is 2. The Kier molecular flexibility index (Phi) is 5.68. The molecule has 0 bridgehead atoms. The third-order valence-electron chi connectivity index (χ3n) is 3.30. The average molecular weight is 269 g/mol. The van der Waals surface area contributed by atoms with E-state index in [0.29, 0.717) is 5.95 Å². The lowest BCUT2D eigenvalue weighted by molar-refractivity contribution is 0.574. The molecule has 1 aromatic rings. The molecule has 1 rings (SSSR count). The van der Waals surface area contributed by atoms with E-state index in [1.165, 1.54) is 0 Å². The lowest BCUT2D eigenvalue weighted by atomic mass is 10.0. The molecule has 0 fully saturated rings. The van der Waals surface area contributed by atoms with Gasteiger partial charge in [0.15, 0.2) is 0 Å². The quantitative estimate of drug-likeness (QED) is 0.521. The van der Waals surface area contributed by atoms with Gasteiger partial charge in [0.1, 0.15) is 5.82 Å². The molecule has 1 heterocycles. The second-order valence-electron chi connectivity index (χ2n) is 4.31. The lowest BCUT2D eigenvalue weighted by Crippen LogP contribution is -2.32. The minimum atomic E-state index is 0.259. The first-order chi connectivity index (χ1) is 8.59. The number of nitrogens with two attached hydrogens (primary N) is 1. The molecule has 0 unspecified atom stereocenters. The highest BCUT2D eigenvalue weighted by Crippen LogP contribution is 2.30. The van der Waals surface area contributed by atoms with Crippen LogP contribution in [0.15, 0.2) is 6.07 Å². The second kappa shape index (κ2) is 6.80. The first-order valence-corrected chi connectivity index (χ1v) is 7.43. The van der Waals surface area contributed by atoms with E-state index in [9.17, 15) is 0 Å². The predicted molar refractivity (Wildman–Crippen MR) is 79.9 cm³/mol. The van der Waals surface area contributed by atoms with Crippen LogP contribution in [0.25, 0.3) is 0 Å². The molecule has 0 radical (unpaired) electrons. The maximum atomic E-state index is 5.34. The van der Waals surface area contributed by atoms with Crippen LogP contribution in [-0.4, -0.2) is 27.5 Å². The van der Waals surface area contributed by atoms with Crippen LogP contribution in [0.2, 0.25) is 0 Å². The van der Waals surface area contributed by atoms with Gasteiger partial charge in [0.2, 0.25) is 5.95 Å². The maximum Gasteiger partial charge on any atom is 0.239 e. The predicted octanol–water partition coefficient (Wildman–Crippen LogP) is 2.40. The third kappa shape index (κ3) is 3.74. The fourth-order valence-corrected chi connectivity index (χ4v) is 2.63. The molecule has 0 saturated heterocycles. The summed E-state index contributed by atoms with van der Waals surface area (Å²) in [7, 11) is 0. The molecule has 0 spiro atoms. The molecule has 0 amide bonds. The summed E-state index contributed by atoms with van der Waals surface area (Å²) in [6, 6.07) is 1.93. The maximum absolute atomic E-state index is 5.34. The number of hydrogen-bond donors (Lipinski definition) is 3. The fraction of sp³-hybridized carbons (Fsp3) is 0.667. The highest BCUT2D eigenvalue weighted by molar-refractivity contribution is 8.00. The third-order valence-corrected chi connectivity index (χ3v) is 4.88. The van der Waals surface area contributed by atoms with E-state index in [-0.39, 0.29) is 4.75 Å². The van der Waals surface area contributed by atoms with E-state index in [1.807, 2.05) is 24.8 Å². The molecular formula is C12H23N5S. The number of nitrogens with zero attached hydrogens (tertiary/aromatic N) is 2. The molecule has 18 heavy (non-hydrogen) atoms. The Morgan fingerprint density at radius 1 is 1.33 bits per heavy atom. The Morgan fingerprint density at radius 2 is 2.00 bits per heavy atom. The largest absolute Gasteiger partial charge is 0.369 e. The van der Waals surface area contributed by atoms with Gasteiger partial charge in [-0.2, -0.15) is 16.7 Å². The molecule has 0 aliphatic rings. The van der Waals surface area contributed by atoms with Crippen molar-refractivity contribution in [1.82, 2.24) is 9.97 Å². The van der Waals surface area contributed by atoms with Gasteiger partial charge in [-0.05, 0) is 26.0 Å². The van der Waals surface area contributed by atoms with Crippen LogP contribution in [0.5, 0.6) is 0 Å². The monoisotopic (exact) mass is 269 g/mol. The lowest BCUT2D eigenvalue weighted by Gasteiger charge is -2.30. The number of hydrazine groups is 1. The van der Waals surface area contributed by atoms with Gasteiger partial charge < -0.3 is 5.32 Å². The number of hydrogen-bond acceptors (Lipinski definition) is 6. The molecule has 6 heteroatoms. The van der Waals surface area contributed by atoms with Gasteiger partial charge in [0.05, 0.1) is 0 Å². The Morgan fingerprint density at radius 3 is 2.50 bits per heavy atom. The van der Waals surface area contributed by atoms with E-state index >= 15 is 0 Å². The first kappa shape index (κ1) is 15.0. The van der Waals surface area contributed by atoms with Crippen molar-refractivity contribution in [2.24, 2.45) is 5.84 Å². The van der Waals surface area contributed by atoms with Gasteiger partial charge >= 0.3 is 0 Å². The Bertz CT molecular complexity index is 370. The summed E-state index contributed by atoms with van der Waals surface area (Å²) in [4.78, 5) is 8.46. The van der Waals surface area contributed by atoms with Crippen LogP contribution in [0, 0.1) is 6.92 Å². The number of anilines is 2. The summed E-state index contributed by atoms with van der Waals surface area (Å²) >= 11 is 1.90. The molecule has 0 aromatic carbocycles. The van der Waals surface area contributed by atoms with Crippen LogP contribution in [0.4, 0.5) is 11.8 Å². The molecular weight excluding hydrogens is 246 g/mol. The van der Waals surface area contributed by atoms with Crippen molar-refractivity contribution < 1.29 is 0 Å². The molecule has 5 nitrogen and oxygen atoms in total. The minimum Gasteiger partial charge on any atom is -0.369 e. The smallest absolute Gasteiger partial charge is 0.239 e. The fourth-order valence-electron chi connectivity index (χ4n) is 1.84. The molecule has 0 aliphatic heterocycles. The second-order valence-corrected chi connectivity index (χ2v) is 5.58. The number of nitrogen functional groups attached to an aromatic ring is 1. The Balaban J connectivity index is 2.76. The van der Waals surface area contributed by atoms with Crippen molar-refractivity contribution in [2.45, 2.75) is 38.4 Å². The number of rotatable bonds is 7. The van der Waals surface area contributed by atoms with E-state index in [1.54, 1.807) is 0 Å². The molecule has 1 aromatic heterocycles. The summed E-state index contributed by atoms with van der Waals surface area (Å²) in [5.41, 5.74) is 3.37. The Labute approximate surface area is 113 Å². The zero-order valence-electron chi connectivity index (χ0n) is 11.6. The van der Waals surface area contributed by atoms with E-state index in [0.717, 1.165) is 30.9 Å². The van der Waals surface area contributed by atoms with E-state index in [2.05, 4.69) is 40.8 Å². The van der Waals surface area contributed by atoms with Gasteiger partial charge in [-0.25, -0.2) is 10.8 Å². The zero-order chi connectivity index (χ0) is 13.6. The van der Waals surface area contributed by atoms with Crippen molar-refractivity contribution >= 4 is 23.5 Å². The van der Waals surface area contributed by atoms with E-state index < -0.39 is 0 Å². The zero-order valence-corrected chi connectivity index (χ0v) is 12.4. The molecule has 0 atom stereocenters. The summed E-state index contributed by atoms with van der Waals surface area (Å²) in [6.45, 7) is 7.26. The van der Waals surface area contributed by atoms with Gasteiger partial charge in [-0.3, -0.25) is 5.43 Å². The van der Waals surface area contributed by atoms with Crippen LogP contribution in [0.3, 0.4) is 0 Å². The van der Waals surface area contributed by atoms with Crippen molar-refractivity contribution in [2.75, 3.05) is 23.5 Å². The van der Waals surface area contributed by atoms with E-state index in [4.69, 9.17) is 5.84 Å². The Hall–Kier alpha value is -1.01. The van der Waals surface area contributed by atoms with Gasteiger partial charge in [0, 0.05) is 23.1 Å². The van der Waals surface area contributed by atoms with Gasteiger partial charge in [0.25, 0.3) is 0 Å². The number of aryl methyl sites for hydroxylation is 1. The summed E-state index contributed by atoms with van der Waals surface area (Å²) < 4.78 is 0.259. The summed E-state index contributed by atoms with van der Waals surface area (Å²) in [5, 5.41) is 3.39. The normalized spacial score (nSPS) is 11.4. The van der Waals surface area contributed by atoms with Crippen molar-refractivity contribution in [1.29, 1.82) is 0 Å². The van der Waals surface area contributed by atoms with Crippen LogP contribution in [0.1, 0.15) is 32.4 Å². The molecule has 0 saturated carbocycles.